The molecule has 160 valence electrons. The van der Waals surface area contributed by atoms with Gasteiger partial charge >= 0.3 is 5.97 Å². The van der Waals surface area contributed by atoms with E-state index >= 15 is 0 Å². The van der Waals surface area contributed by atoms with Crippen LogP contribution in [-0.4, -0.2) is 28.7 Å². The summed E-state index contributed by atoms with van der Waals surface area (Å²) in [4.78, 5) is 31.3. The van der Waals surface area contributed by atoms with Crippen LogP contribution < -0.4 is 0 Å². The summed E-state index contributed by atoms with van der Waals surface area (Å²) in [5, 5.41) is 9.76. The van der Waals surface area contributed by atoms with E-state index in [1.165, 1.54) is 6.42 Å². The molecule has 1 saturated carbocycles. The maximum absolute atomic E-state index is 13.3. The Balaban J connectivity index is 1.74. The van der Waals surface area contributed by atoms with E-state index in [0.717, 1.165) is 36.9 Å². The predicted molar refractivity (Wildman–Crippen MR) is 115 cm³/mol. The number of benzene rings is 1. The van der Waals surface area contributed by atoms with Gasteiger partial charge in [0.15, 0.2) is 5.78 Å². The molecule has 0 radical (unpaired) electrons. The minimum absolute atomic E-state index is 0.0455. The maximum Gasteiger partial charge on any atom is 0.315 e. The smallest absolute Gasteiger partial charge is 0.315 e. The van der Waals surface area contributed by atoms with Gasteiger partial charge in [0.1, 0.15) is 17.8 Å². The summed E-state index contributed by atoms with van der Waals surface area (Å²) >= 11 is 0. The van der Waals surface area contributed by atoms with Crippen LogP contribution in [0.25, 0.3) is 0 Å². The topological polar surface area (TPSA) is 76.0 Å². The molecular formula is C25H31NO4. The normalized spacial score (nSPS) is 26.8. The van der Waals surface area contributed by atoms with Crippen LogP contribution in [0.15, 0.2) is 40.5 Å². The van der Waals surface area contributed by atoms with E-state index < -0.39 is 11.8 Å². The van der Waals surface area contributed by atoms with Crippen molar-refractivity contribution in [2.45, 2.75) is 77.7 Å². The average molecular weight is 410 g/mol. The van der Waals surface area contributed by atoms with E-state index in [1.54, 1.807) is 24.3 Å². The number of phenols is 1. The summed E-state index contributed by atoms with van der Waals surface area (Å²) in [5.41, 5.74) is 2.85. The highest BCUT2D eigenvalue weighted by Gasteiger charge is 2.46. The van der Waals surface area contributed by atoms with Crippen molar-refractivity contribution in [1.82, 2.24) is 0 Å². The molecule has 1 aliphatic heterocycles. The molecule has 0 bridgehead atoms. The van der Waals surface area contributed by atoms with Gasteiger partial charge in [-0.25, -0.2) is 0 Å². The van der Waals surface area contributed by atoms with Gasteiger partial charge in [-0.2, -0.15) is 0 Å². The molecule has 30 heavy (non-hydrogen) atoms. The molecule has 1 unspecified atom stereocenters. The van der Waals surface area contributed by atoms with E-state index in [-0.39, 0.29) is 29.0 Å². The van der Waals surface area contributed by atoms with E-state index in [2.05, 4.69) is 13.8 Å². The molecule has 0 spiro atoms. The van der Waals surface area contributed by atoms with Gasteiger partial charge in [-0.1, -0.05) is 32.4 Å². The standard InChI is InChI=1S/C25H31NO4/c1-15-21(24(29)30-18-7-5-4-6-8-18)22(16-9-11-17(27)12-10-16)23-19(26-15)13-25(2,3)14-20(23)28/h9-12,18,21-22,27H,4-8,13-14H2,1-3H3/t21?,22-/m0/s1. The van der Waals surface area contributed by atoms with Gasteiger partial charge in [0.2, 0.25) is 0 Å². The van der Waals surface area contributed by atoms with Crippen molar-refractivity contribution >= 4 is 17.5 Å². The number of carbonyl (C=O) groups is 2. The van der Waals surface area contributed by atoms with Crippen molar-refractivity contribution in [3.8, 4) is 5.75 Å². The highest BCUT2D eigenvalue weighted by atomic mass is 16.5. The third kappa shape index (κ3) is 4.07. The number of rotatable bonds is 3. The minimum Gasteiger partial charge on any atom is -0.508 e. The summed E-state index contributed by atoms with van der Waals surface area (Å²) in [6.07, 6.45) is 6.27. The van der Waals surface area contributed by atoms with E-state index in [9.17, 15) is 14.7 Å². The lowest BCUT2D eigenvalue weighted by Gasteiger charge is -2.39. The molecule has 2 aliphatic carbocycles. The summed E-state index contributed by atoms with van der Waals surface area (Å²) in [5.74, 6) is -1.10. The Morgan fingerprint density at radius 2 is 1.77 bits per heavy atom. The van der Waals surface area contributed by atoms with Gasteiger partial charge < -0.3 is 9.84 Å². The first-order chi connectivity index (χ1) is 14.2. The van der Waals surface area contributed by atoms with Gasteiger partial charge in [0.25, 0.3) is 0 Å². The Kier molecular flexibility index (Phi) is 5.56. The number of ether oxygens (including phenoxy) is 1. The quantitative estimate of drug-likeness (QED) is 0.706. The molecule has 0 amide bonds. The number of phenolic OH excluding ortho intramolecular Hbond substituents is 1. The first-order valence-electron chi connectivity index (χ1n) is 11.1. The molecule has 1 heterocycles. The molecule has 5 nitrogen and oxygen atoms in total. The summed E-state index contributed by atoms with van der Waals surface area (Å²) in [6.45, 7) is 6.03. The van der Waals surface area contributed by atoms with E-state index in [1.807, 2.05) is 6.92 Å². The van der Waals surface area contributed by atoms with Crippen LogP contribution in [0.1, 0.15) is 77.2 Å². The number of aliphatic imine (C=N–C) groups is 1. The number of ketones is 1. The highest BCUT2D eigenvalue weighted by Crippen LogP contribution is 2.48. The molecule has 0 saturated heterocycles. The number of aromatic hydroxyl groups is 1. The molecule has 1 aromatic rings. The zero-order chi connectivity index (χ0) is 21.5. The predicted octanol–water partition coefficient (Wildman–Crippen LogP) is 5.09. The third-order valence-corrected chi connectivity index (χ3v) is 6.64. The van der Waals surface area contributed by atoms with Gasteiger partial charge in [0, 0.05) is 29.3 Å². The molecule has 1 fully saturated rings. The minimum atomic E-state index is -0.611. The van der Waals surface area contributed by atoms with Gasteiger partial charge in [-0.3, -0.25) is 14.6 Å². The highest BCUT2D eigenvalue weighted by molar-refractivity contribution is 6.09. The number of nitrogens with zero attached hydrogens (tertiary/aromatic N) is 1. The van der Waals surface area contributed by atoms with Crippen LogP contribution in [0.2, 0.25) is 0 Å². The Morgan fingerprint density at radius 1 is 1.10 bits per heavy atom. The van der Waals surface area contributed by atoms with Crippen LogP contribution in [0.3, 0.4) is 0 Å². The Hall–Kier alpha value is -2.43. The zero-order valence-corrected chi connectivity index (χ0v) is 18.1. The van der Waals surface area contributed by atoms with Gasteiger partial charge in [-0.15, -0.1) is 0 Å². The second-order valence-electron chi connectivity index (χ2n) is 9.80. The summed E-state index contributed by atoms with van der Waals surface area (Å²) < 4.78 is 5.93. The molecular weight excluding hydrogens is 378 g/mol. The molecule has 1 aromatic carbocycles. The van der Waals surface area contributed by atoms with Crippen molar-refractivity contribution in [1.29, 1.82) is 0 Å². The van der Waals surface area contributed by atoms with Crippen LogP contribution in [0, 0.1) is 11.3 Å². The molecule has 0 aromatic heterocycles. The van der Waals surface area contributed by atoms with Crippen LogP contribution >= 0.6 is 0 Å². The average Bonchev–Trinajstić information content (AvgIpc) is 2.67. The number of hydrogen-bond donors (Lipinski definition) is 1. The molecule has 2 atom stereocenters. The fourth-order valence-electron chi connectivity index (χ4n) is 5.21. The summed E-state index contributed by atoms with van der Waals surface area (Å²) in [6, 6.07) is 6.82. The lowest BCUT2D eigenvalue weighted by molar-refractivity contribution is -0.153. The first kappa shape index (κ1) is 20.8. The largest absolute Gasteiger partial charge is 0.508 e. The van der Waals surface area contributed by atoms with E-state index in [4.69, 9.17) is 9.73 Å². The van der Waals surface area contributed by atoms with E-state index in [0.29, 0.717) is 24.1 Å². The zero-order valence-electron chi connectivity index (χ0n) is 18.1. The molecule has 4 rings (SSSR count). The summed E-state index contributed by atoms with van der Waals surface area (Å²) in [7, 11) is 0. The van der Waals surface area contributed by atoms with Crippen LogP contribution in [0.5, 0.6) is 5.75 Å². The maximum atomic E-state index is 13.3. The lowest BCUT2D eigenvalue weighted by Crippen LogP contribution is -2.40. The second kappa shape index (κ2) is 8.01. The number of hydrogen-bond acceptors (Lipinski definition) is 5. The van der Waals surface area contributed by atoms with Gasteiger partial charge in [0.05, 0.1) is 0 Å². The van der Waals surface area contributed by atoms with Crippen molar-refractivity contribution in [2.24, 2.45) is 16.3 Å². The number of carbonyl (C=O) groups excluding carboxylic acids is 2. The lowest BCUT2D eigenvalue weighted by atomic mass is 9.67. The Bertz CT molecular complexity index is 904. The van der Waals surface area contributed by atoms with Crippen LogP contribution in [0.4, 0.5) is 0 Å². The van der Waals surface area contributed by atoms with Crippen molar-refractivity contribution in [3.63, 3.8) is 0 Å². The fraction of sp³-hybridized carbons (Fsp3) is 0.560. The number of Topliss-reactive ketones (excluding diaryl/α,β-unsaturated/α-hetero) is 1. The Labute approximate surface area is 178 Å². The molecule has 1 N–H and O–H groups in total. The number of allylic oxidation sites excluding steroid dienone is 2. The monoisotopic (exact) mass is 409 g/mol. The number of esters is 1. The van der Waals surface area contributed by atoms with Crippen molar-refractivity contribution < 1.29 is 19.4 Å². The van der Waals surface area contributed by atoms with Crippen molar-refractivity contribution in [2.75, 3.05) is 0 Å². The second-order valence-corrected chi connectivity index (χ2v) is 9.80. The van der Waals surface area contributed by atoms with Gasteiger partial charge in [-0.05, 0) is 62.1 Å². The SMILES string of the molecule is CC1=NC2=C(C(=O)CC(C)(C)C2)[C@@H](c2ccc(O)cc2)C1C(=O)OC1CCCCC1. The fourth-order valence-corrected chi connectivity index (χ4v) is 5.21. The molecule has 3 aliphatic rings. The van der Waals surface area contributed by atoms with Crippen LogP contribution in [-0.2, 0) is 14.3 Å². The Morgan fingerprint density at radius 3 is 2.43 bits per heavy atom. The molecule has 5 heteroatoms. The van der Waals surface area contributed by atoms with Crippen molar-refractivity contribution in [3.05, 3.63) is 41.1 Å². The third-order valence-electron chi connectivity index (χ3n) is 6.64. The first-order valence-corrected chi connectivity index (χ1v) is 11.1.